The number of methoxy groups -OCH3 is 1. The van der Waals surface area contributed by atoms with Crippen molar-refractivity contribution in [2.24, 2.45) is 0 Å². The number of amides is 1. The normalized spacial score (nSPS) is 11.0. The Hall–Kier alpha value is -3.41. The third-order valence-corrected chi connectivity index (χ3v) is 6.52. The van der Waals surface area contributed by atoms with Crippen LogP contribution in [0.4, 0.5) is 5.69 Å². The number of nitrogens with one attached hydrogen (secondary N) is 1. The van der Waals surface area contributed by atoms with Crippen molar-refractivity contribution < 1.29 is 9.53 Å². The van der Waals surface area contributed by atoms with Crippen molar-refractivity contribution in [1.29, 1.82) is 0 Å². The number of benzene rings is 4. The number of anilines is 1. The molecule has 1 amide bonds. The van der Waals surface area contributed by atoms with Crippen LogP contribution in [0.3, 0.4) is 0 Å². The van der Waals surface area contributed by atoms with E-state index in [9.17, 15) is 4.79 Å². The van der Waals surface area contributed by atoms with Crippen molar-refractivity contribution in [1.82, 2.24) is 4.98 Å². The fourth-order valence-corrected chi connectivity index (χ4v) is 4.79. The molecule has 4 nitrogen and oxygen atoms in total. The highest BCUT2D eigenvalue weighted by atomic mass is 35.5. The van der Waals surface area contributed by atoms with E-state index in [1.165, 1.54) is 0 Å². The Bertz CT molecular complexity index is 1410. The minimum Gasteiger partial charge on any atom is -0.495 e. The Morgan fingerprint density at radius 2 is 1.77 bits per heavy atom. The number of rotatable bonds is 4. The molecule has 0 bridgehead atoms. The van der Waals surface area contributed by atoms with E-state index in [4.69, 9.17) is 21.3 Å². The average molecular weight is 445 g/mol. The third kappa shape index (κ3) is 3.63. The van der Waals surface area contributed by atoms with Crippen LogP contribution in [0.5, 0.6) is 5.75 Å². The lowest BCUT2D eigenvalue weighted by molar-refractivity contribution is 0.102. The number of ether oxygens (including phenoxy) is 1. The molecule has 1 aromatic heterocycles. The summed E-state index contributed by atoms with van der Waals surface area (Å²) in [6.45, 7) is 0. The molecule has 1 N–H and O–H groups in total. The summed E-state index contributed by atoms with van der Waals surface area (Å²) in [6.07, 6.45) is 0. The van der Waals surface area contributed by atoms with Gasteiger partial charge >= 0.3 is 0 Å². The predicted octanol–water partition coefficient (Wildman–Crippen LogP) is 7.03. The Balaban J connectivity index is 1.53. The van der Waals surface area contributed by atoms with Gasteiger partial charge in [0.25, 0.3) is 5.91 Å². The van der Waals surface area contributed by atoms with Crippen LogP contribution < -0.4 is 10.1 Å². The molecule has 0 aliphatic rings. The summed E-state index contributed by atoms with van der Waals surface area (Å²) in [5, 5.41) is 6.14. The van der Waals surface area contributed by atoms with Crippen LogP contribution in [0, 0.1) is 0 Å². The van der Waals surface area contributed by atoms with E-state index in [1.54, 1.807) is 24.5 Å². The molecule has 0 radical (unpaired) electrons. The summed E-state index contributed by atoms with van der Waals surface area (Å²) < 4.78 is 6.60. The average Bonchev–Trinajstić information content (AvgIpc) is 3.23. The van der Waals surface area contributed by atoms with Crippen LogP contribution in [-0.2, 0) is 0 Å². The first-order chi connectivity index (χ1) is 15.1. The molecule has 0 aliphatic carbocycles. The van der Waals surface area contributed by atoms with Gasteiger partial charge in [0.05, 0.1) is 23.0 Å². The SMILES string of the molecule is COc1ccc(-c2nc3ccccc3s2)cc1NC(=O)c1cccc2c(Cl)cccc12. The summed E-state index contributed by atoms with van der Waals surface area (Å²) in [5.74, 6) is 0.351. The highest BCUT2D eigenvalue weighted by Gasteiger charge is 2.15. The number of thiazole rings is 1. The second-order valence-corrected chi connectivity index (χ2v) is 8.43. The first-order valence-electron chi connectivity index (χ1n) is 9.66. The number of fused-ring (bicyclic) bond motifs is 2. The maximum atomic E-state index is 13.2. The van der Waals surface area contributed by atoms with Gasteiger partial charge in [-0.2, -0.15) is 0 Å². The molecular weight excluding hydrogens is 428 g/mol. The van der Waals surface area contributed by atoms with Crippen LogP contribution in [-0.4, -0.2) is 18.0 Å². The van der Waals surface area contributed by atoms with Gasteiger partial charge in [0.1, 0.15) is 10.8 Å². The molecule has 0 spiro atoms. The third-order valence-electron chi connectivity index (χ3n) is 5.10. The molecule has 1 heterocycles. The summed E-state index contributed by atoms with van der Waals surface area (Å²) in [5.41, 5.74) is 3.01. The maximum absolute atomic E-state index is 13.2. The molecule has 5 aromatic rings. The van der Waals surface area contributed by atoms with E-state index in [1.807, 2.05) is 72.8 Å². The fourth-order valence-electron chi connectivity index (χ4n) is 3.59. The molecule has 0 aliphatic heterocycles. The lowest BCUT2D eigenvalue weighted by atomic mass is 10.0. The van der Waals surface area contributed by atoms with Gasteiger partial charge in [0.2, 0.25) is 0 Å². The first kappa shape index (κ1) is 19.5. The molecule has 6 heteroatoms. The molecule has 0 saturated heterocycles. The Kier molecular flexibility index (Phi) is 5.06. The van der Waals surface area contributed by atoms with E-state index in [0.29, 0.717) is 22.0 Å². The molecular formula is C25H17ClN2O2S. The van der Waals surface area contributed by atoms with Gasteiger partial charge in [-0.1, -0.05) is 48.0 Å². The van der Waals surface area contributed by atoms with Crippen LogP contribution in [0.15, 0.2) is 78.9 Å². The fraction of sp³-hybridized carbons (Fsp3) is 0.0400. The quantitative estimate of drug-likeness (QED) is 0.323. The van der Waals surface area contributed by atoms with Gasteiger partial charge in [0.15, 0.2) is 0 Å². The predicted molar refractivity (Wildman–Crippen MR) is 129 cm³/mol. The van der Waals surface area contributed by atoms with Gasteiger partial charge in [-0.05, 0) is 47.9 Å². The van der Waals surface area contributed by atoms with Crippen LogP contribution in [0.1, 0.15) is 10.4 Å². The lowest BCUT2D eigenvalue weighted by Crippen LogP contribution is -2.13. The number of halogens is 1. The van der Waals surface area contributed by atoms with Crippen LogP contribution in [0.25, 0.3) is 31.6 Å². The van der Waals surface area contributed by atoms with Gasteiger partial charge in [-0.25, -0.2) is 4.98 Å². The van der Waals surface area contributed by atoms with E-state index in [0.717, 1.165) is 31.6 Å². The van der Waals surface area contributed by atoms with Gasteiger partial charge < -0.3 is 10.1 Å². The number of aromatic nitrogens is 1. The molecule has 152 valence electrons. The van der Waals surface area contributed by atoms with E-state index >= 15 is 0 Å². The summed E-state index contributed by atoms with van der Waals surface area (Å²) >= 11 is 7.92. The second-order valence-electron chi connectivity index (χ2n) is 7.00. The van der Waals surface area contributed by atoms with Crippen LogP contribution in [0.2, 0.25) is 5.02 Å². The number of hydrogen-bond donors (Lipinski definition) is 1. The molecule has 4 aromatic carbocycles. The summed E-state index contributed by atoms with van der Waals surface area (Å²) in [6, 6.07) is 24.8. The number of para-hydroxylation sites is 1. The van der Waals surface area contributed by atoms with Crippen molar-refractivity contribution in [2.75, 3.05) is 12.4 Å². The van der Waals surface area contributed by atoms with E-state index in [-0.39, 0.29) is 5.91 Å². The van der Waals surface area contributed by atoms with Gasteiger partial charge in [-0.15, -0.1) is 11.3 Å². The zero-order chi connectivity index (χ0) is 21.4. The zero-order valence-corrected chi connectivity index (χ0v) is 18.1. The second kappa shape index (κ2) is 8.02. The summed E-state index contributed by atoms with van der Waals surface area (Å²) in [7, 11) is 1.58. The smallest absolute Gasteiger partial charge is 0.256 e. The van der Waals surface area contributed by atoms with Crippen LogP contribution >= 0.6 is 22.9 Å². The van der Waals surface area contributed by atoms with Gasteiger partial charge in [-0.3, -0.25) is 4.79 Å². The number of carbonyl (C=O) groups is 1. The Labute approximate surface area is 188 Å². The van der Waals surface area contributed by atoms with Gasteiger partial charge in [0, 0.05) is 21.5 Å². The standard InChI is InChI=1S/C25H17ClN2O2S/c1-30-22-13-12-15(25-28-20-10-2-3-11-23(20)31-25)14-21(22)27-24(29)18-8-4-7-17-16(18)6-5-9-19(17)26/h2-14H,1H3,(H,27,29). The highest BCUT2D eigenvalue weighted by Crippen LogP contribution is 2.35. The number of carbonyl (C=O) groups excluding carboxylic acids is 1. The Morgan fingerprint density at radius 1 is 0.968 bits per heavy atom. The zero-order valence-electron chi connectivity index (χ0n) is 16.6. The lowest BCUT2D eigenvalue weighted by Gasteiger charge is -2.13. The molecule has 0 fully saturated rings. The molecule has 0 saturated carbocycles. The minimum atomic E-state index is -0.229. The van der Waals surface area contributed by atoms with E-state index in [2.05, 4.69) is 5.32 Å². The van der Waals surface area contributed by atoms with Crippen molar-refractivity contribution in [2.45, 2.75) is 0 Å². The topological polar surface area (TPSA) is 51.2 Å². The Morgan fingerprint density at radius 3 is 2.61 bits per heavy atom. The minimum absolute atomic E-state index is 0.229. The first-order valence-corrected chi connectivity index (χ1v) is 10.9. The molecule has 0 unspecified atom stereocenters. The molecule has 5 rings (SSSR count). The van der Waals surface area contributed by atoms with Crippen molar-refractivity contribution in [3.8, 4) is 16.3 Å². The van der Waals surface area contributed by atoms with Crippen molar-refractivity contribution in [3.05, 3.63) is 89.4 Å². The monoisotopic (exact) mass is 444 g/mol. The highest BCUT2D eigenvalue weighted by molar-refractivity contribution is 7.21. The number of nitrogens with zero attached hydrogens (tertiary/aromatic N) is 1. The van der Waals surface area contributed by atoms with E-state index < -0.39 is 0 Å². The summed E-state index contributed by atoms with van der Waals surface area (Å²) in [4.78, 5) is 17.9. The maximum Gasteiger partial charge on any atom is 0.256 e. The molecule has 0 atom stereocenters. The molecule has 31 heavy (non-hydrogen) atoms. The largest absolute Gasteiger partial charge is 0.495 e. The van der Waals surface area contributed by atoms with Crippen molar-refractivity contribution >= 4 is 55.5 Å². The van der Waals surface area contributed by atoms with Crippen molar-refractivity contribution in [3.63, 3.8) is 0 Å². The number of hydrogen-bond acceptors (Lipinski definition) is 4.